The molecule has 1 unspecified atom stereocenters. The summed E-state index contributed by atoms with van der Waals surface area (Å²) in [6.45, 7) is 4.91. The van der Waals surface area contributed by atoms with Gasteiger partial charge in [0.1, 0.15) is 5.75 Å². The summed E-state index contributed by atoms with van der Waals surface area (Å²) in [5.41, 5.74) is 0.689. The number of aliphatic hydroxyl groups is 1. The van der Waals surface area contributed by atoms with Crippen LogP contribution in [0.3, 0.4) is 0 Å². The molecule has 2 N–H and O–H groups in total. The SMILES string of the molecule is CCNC(C)(CO)c1ccc(OC)cc1. The molecule has 0 aliphatic rings. The first-order valence-corrected chi connectivity index (χ1v) is 5.16. The Hall–Kier alpha value is -1.06. The van der Waals surface area contributed by atoms with E-state index in [0.717, 1.165) is 17.9 Å². The van der Waals surface area contributed by atoms with Crippen LogP contribution in [0.25, 0.3) is 0 Å². The summed E-state index contributed by atoms with van der Waals surface area (Å²) in [6, 6.07) is 7.75. The van der Waals surface area contributed by atoms with Crippen LogP contribution in [-0.4, -0.2) is 25.4 Å². The number of benzene rings is 1. The molecule has 84 valence electrons. The van der Waals surface area contributed by atoms with Gasteiger partial charge < -0.3 is 15.2 Å². The van der Waals surface area contributed by atoms with Crippen LogP contribution in [0, 0.1) is 0 Å². The first-order valence-electron chi connectivity index (χ1n) is 5.16. The smallest absolute Gasteiger partial charge is 0.118 e. The zero-order valence-electron chi connectivity index (χ0n) is 9.58. The van der Waals surface area contributed by atoms with Crippen LogP contribution < -0.4 is 10.1 Å². The molecule has 3 nitrogen and oxygen atoms in total. The third-order valence-electron chi connectivity index (χ3n) is 2.61. The van der Waals surface area contributed by atoms with Gasteiger partial charge in [-0.05, 0) is 31.2 Å². The first kappa shape index (κ1) is 12.0. The second-order valence-corrected chi connectivity index (χ2v) is 3.75. The molecule has 15 heavy (non-hydrogen) atoms. The van der Waals surface area contributed by atoms with Gasteiger partial charge in [0.2, 0.25) is 0 Å². The molecule has 0 heterocycles. The van der Waals surface area contributed by atoms with Crippen molar-refractivity contribution in [2.75, 3.05) is 20.3 Å². The maximum absolute atomic E-state index is 9.40. The summed E-state index contributed by atoms with van der Waals surface area (Å²) < 4.78 is 5.09. The van der Waals surface area contributed by atoms with Crippen molar-refractivity contribution in [1.29, 1.82) is 0 Å². The van der Waals surface area contributed by atoms with Crippen molar-refractivity contribution in [3.05, 3.63) is 29.8 Å². The standard InChI is InChI=1S/C12H19NO2/c1-4-13-12(2,9-14)10-5-7-11(15-3)8-6-10/h5-8,13-14H,4,9H2,1-3H3. The zero-order valence-corrected chi connectivity index (χ0v) is 9.58. The van der Waals surface area contributed by atoms with E-state index in [9.17, 15) is 5.11 Å². The minimum absolute atomic E-state index is 0.0766. The Labute approximate surface area is 91.1 Å². The molecule has 3 heteroatoms. The molecular weight excluding hydrogens is 190 g/mol. The highest BCUT2D eigenvalue weighted by molar-refractivity contribution is 5.31. The molecule has 1 aromatic carbocycles. The highest BCUT2D eigenvalue weighted by Gasteiger charge is 2.23. The molecule has 0 amide bonds. The summed E-state index contributed by atoms with van der Waals surface area (Å²) in [4.78, 5) is 0. The Morgan fingerprint density at radius 1 is 1.33 bits per heavy atom. The Balaban J connectivity index is 2.92. The van der Waals surface area contributed by atoms with Gasteiger partial charge in [-0.25, -0.2) is 0 Å². The van der Waals surface area contributed by atoms with Gasteiger partial charge in [0.25, 0.3) is 0 Å². The van der Waals surface area contributed by atoms with Crippen LogP contribution in [0.15, 0.2) is 24.3 Å². The van der Waals surface area contributed by atoms with Gasteiger partial charge in [0, 0.05) is 0 Å². The molecule has 0 bridgehead atoms. The van der Waals surface area contributed by atoms with Crippen LogP contribution in [0.2, 0.25) is 0 Å². The van der Waals surface area contributed by atoms with Gasteiger partial charge >= 0.3 is 0 Å². The highest BCUT2D eigenvalue weighted by atomic mass is 16.5. The summed E-state index contributed by atoms with van der Waals surface area (Å²) in [5.74, 6) is 0.829. The lowest BCUT2D eigenvalue weighted by molar-refractivity contribution is 0.177. The average Bonchev–Trinajstić information content (AvgIpc) is 2.29. The van der Waals surface area contributed by atoms with Gasteiger partial charge in [-0.1, -0.05) is 19.1 Å². The van der Waals surface area contributed by atoms with E-state index >= 15 is 0 Å². The predicted octanol–water partition coefficient (Wildman–Crippen LogP) is 1.51. The molecule has 1 rings (SSSR count). The maximum Gasteiger partial charge on any atom is 0.118 e. The third kappa shape index (κ3) is 2.70. The van der Waals surface area contributed by atoms with E-state index in [1.165, 1.54) is 0 Å². The fourth-order valence-electron chi connectivity index (χ4n) is 1.60. The van der Waals surface area contributed by atoms with Gasteiger partial charge in [-0.15, -0.1) is 0 Å². The molecule has 0 aliphatic heterocycles. The van der Waals surface area contributed by atoms with E-state index < -0.39 is 0 Å². The van der Waals surface area contributed by atoms with Gasteiger partial charge in [-0.3, -0.25) is 0 Å². The molecule has 1 atom stereocenters. The quantitative estimate of drug-likeness (QED) is 0.772. The summed E-state index contributed by atoms with van der Waals surface area (Å²) >= 11 is 0. The van der Waals surface area contributed by atoms with Crippen LogP contribution in [0.1, 0.15) is 19.4 Å². The number of aliphatic hydroxyl groups excluding tert-OH is 1. The van der Waals surface area contributed by atoms with Crippen molar-refractivity contribution in [3.8, 4) is 5.75 Å². The zero-order chi connectivity index (χ0) is 11.3. The fourth-order valence-corrected chi connectivity index (χ4v) is 1.60. The Bertz CT molecular complexity index is 297. The van der Waals surface area contributed by atoms with E-state index in [1.807, 2.05) is 38.1 Å². The van der Waals surface area contributed by atoms with Crippen LogP contribution in [0.5, 0.6) is 5.75 Å². The van der Waals surface area contributed by atoms with E-state index in [2.05, 4.69) is 5.32 Å². The van der Waals surface area contributed by atoms with E-state index in [4.69, 9.17) is 4.74 Å². The second kappa shape index (κ2) is 5.14. The number of nitrogens with one attached hydrogen (secondary N) is 1. The Morgan fingerprint density at radius 2 is 1.93 bits per heavy atom. The fraction of sp³-hybridized carbons (Fsp3) is 0.500. The number of hydrogen-bond donors (Lipinski definition) is 2. The third-order valence-corrected chi connectivity index (χ3v) is 2.61. The van der Waals surface area contributed by atoms with Crippen molar-refractivity contribution < 1.29 is 9.84 Å². The van der Waals surface area contributed by atoms with E-state index in [-0.39, 0.29) is 12.1 Å². The Kier molecular flexibility index (Phi) is 4.12. The topological polar surface area (TPSA) is 41.5 Å². The highest BCUT2D eigenvalue weighted by Crippen LogP contribution is 2.22. The second-order valence-electron chi connectivity index (χ2n) is 3.75. The average molecular weight is 209 g/mol. The minimum atomic E-state index is -0.374. The number of rotatable bonds is 5. The van der Waals surface area contributed by atoms with E-state index in [0.29, 0.717) is 0 Å². The molecule has 0 spiro atoms. The first-order chi connectivity index (χ1) is 7.16. The van der Waals surface area contributed by atoms with Crippen molar-refractivity contribution in [2.24, 2.45) is 0 Å². The lowest BCUT2D eigenvalue weighted by atomic mass is 9.93. The minimum Gasteiger partial charge on any atom is -0.497 e. The van der Waals surface area contributed by atoms with Crippen molar-refractivity contribution in [3.63, 3.8) is 0 Å². The molecule has 0 fully saturated rings. The molecule has 0 radical (unpaired) electrons. The van der Waals surface area contributed by atoms with Gasteiger partial charge in [0.15, 0.2) is 0 Å². The molecule has 0 aromatic heterocycles. The lowest BCUT2D eigenvalue weighted by Crippen LogP contribution is -2.42. The van der Waals surface area contributed by atoms with Crippen LogP contribution in [-0.2, 0) is 5.54 Å². The van der Waals surface area contributed by atoms with Crippen molar-refractivity contribution in [2.45, 2.75) is 19.4 Å². The maximum atomic E-state index is 9.40. The summed E-state index contributed by atoms with van der Waals surface area (Å²) in [6.07, 6.45) is 0. The molecular formula is C12H19NO2. The molecule has 0 saturated carbocycles. The summed E-state index contributed by atoms with van der Waals surface area (Å²) in [5, 5.41) is 12.7. The molecule has 0 aliphatic carbocycles. The largest absolute Gasteiger partial charge is 0.497 e. The molecule has 1 aromatic rings. The Morgan fingerprint density at radius 3 is 2.33 bits per heavy atom. The summed E-state index contributed by atoms with van der Waals surface area (Å²) in [7, 11) is 1.64. The van der Waals surface area contributed by atoms with Crippen molar-refractivity contribution >= 4 is 0 Å². The van der Waals surface area contributed by atoms with E-state index in [1.54, 1.807) is 7.11 Å². The number of ether oxygens (including phenoxy) is 1. The van der Waals surface area contributed by atoms with Crippen LogP contribution >= 0.6 is 0 Å². The van der Waals surface area contributed by atoms with Crippen LogP contribution in [0.4, 0.5) is 0 Å². The predicted molar refractivity (Wildman–Crippen MR) is 61.1 cm³/mol. The number of likely N-dealkylation sites (N-methyl/N-ethyl adjacent to an activating group) is 1. The van der Waals surface area contributed by atoms with Crippen molar-refractivity contribution in [1.82, 2.24) is 5.32 Å². The lowest BCUT2D eigenvalue weighted by Gasteiger charge is -2.29. The van der Waals surface area contributed by atoms with Gasteiger partial charge in [-0.2, -0.15) is 0 Å². The molecule has 0 saturated heterocycles. The number of methoxy groups -OCH3 is 1. The number of hydrogen-bond acceptors (Lipinski definition) is 3. The normalized spacial score (nSPS) is 14.7. The monoisotopic (exact) mass is 209 g/mol. The van der Waals surface area contributed by atoms with Gasteiger partial charge in [0.05, 0.1) is 19.3 Å².